The lowest BCUT2D eigenvalue weighted by atomic mass is 10.2. The summed E-state index contributed by atoms with van der Waals surface area (Å²) in [6.07, 6.45) is 3.33. The van der Waals surface area contributed by atoms with E-state index >= 15 is 0 Å². The van der Waals surface area contributed by atoms with E-state index in [1.54, 1.807) is 10.7 Å². The van der Waals surface area contributed by atoms with Crippen LogP contribution in [0.25, 0.3) is 0 Å². The molecule has 1 atom stereocenters. The van der Waals surface area contributed by atoms with Gasteiger partial charge in [-0.1, -0.05) is 0 Å². The molecular formula is C8H12N4O. The van der Waals surface area contributed by atoms with Crippen molar-refractivity contribution in [1.29, 1.82) is 0 Å². The first kappa shape index (κ1) is 8.10. The molecule has 3 N–H and O–H groups in total. The maximum atomic E-state index is 10.9. The molecule has 0 spiro atoms. The van der Waals surface area contributed by atoms with Crippen LogP contribution in [0.2, 0.25) is 0 Å². The van der Waals surface area contributed by atoms with E-state index in [4.69, 9.17) is 5.73 Å². The Morgan fingerprint density at radius 3 is 3.15 bits per heavy atom. The predicted octanol–water partition coefficient (Wildman–Crippen LogP) is -0.256. The van der Waals surface area contributed by atoms with Gasteiger partial charge in [0.15, 0.2) is 0 Å². The van der Waals surface area contributed by atoms with Gasteiger partial charge in [0.1, 0.15) is 5.82 Å². The molecule has 0 radical (unpaired) electrons. The third-order valence-corrected chi connectivity index (χ3v) is 2.15. The fourth-order valence-corrected chi connectivity index (χ4v) is 1.52. The number of carbonyl (C=O) groups excluding carboxylic acids is 1. The van der Waals surface area contributed by atoms with Crippen LogP contribution >= 0.6 is 0 Å². The van der Waals surface area contributed by atoms with Crippen molar-refractivity contribution in [2.24, 2.45) is 0 Å². The molecule has 13 heavy (non-hydrogen) atoms. The number of aromatic nitrogens is 2. The first-order valence-corrected chi connectivity index (χ1v) is 4.32. The van der Waals surface area contributed by atoms with Gasteiger partial charge in [0.2, 0.25) is 5.91 Å². The molecule has 1 fully saturated rings. The highest BCUT2D eigenvalue weighted by Gasteiger charge is 2.20. The van der Waals surface area contributed by atoms with E-state index in [0.717, 1.165) is 6.42 Å². The normalized spacial score (nSPS) is 21.8. The summed E-state index contributed by atoms with van der Waals surface area (Å²) in [5.41, 5.74) is 5.46. The minimum Gasteiger partial charge on any atom is -0.382 e. The van der Waals surface area contributed by atoms with Crippen molar-refractivity contribution in [3.63, 3.8) is 0 Å². The number of nitrogens with two attached hydrogens (primary N) is 1. The smallest absolute Gasteiger partial charge is 0.220 e. The summed E-state index contributed by atoms with van der Waals surface area (Å²) in [5.74, 6) is 0.648. The van der Waals surface area contributed by atoms with Crippen LogP contribution in [0.3, 0.4) is 0 Å². The van der Waals surface area contributed by atoms with Crippen molar-refractivity contribution >= 4 is 11.7 Å². The molecule has 5 heteroatoms. The van der Waals surface area contributed by atoms with E-state index in [-0.39, 0.29) is 11.9 Å². The van der Waals surface area contributed by atoms with Gasteiger partial charge >= 0.3 is 0 Å². The summed E-state index contributed by atoms with van der Waals surface area (Å²) in [6, 6.07) is 1.96. The SMILES string of the molecule is Nc1ccn(CC2CCC(=O)N2)n1. The fraction of sp³-hybridized carbons (Fsp3) is 0.500. The number of nitrogens with one attached hydrogen (secondary N) is 1. The standard InChI is InChI=1S/C8H12N4O/c9-7-3-4-12(11-7)5-6-1-2-8(13)10-6/h3-4,6H,1-2,5H2,(H2,9,11)(H,10,13). The molecule has 1 saturated heterocycles. The molecular weight excluding hydrogens is 168 g/mol. The number of hydrogen-bond acceptors (Lipinski definition) is 3. The number of rotatable bonds is 2. The number of nitrogen functional groups attached to an aromatic ring is 1. The number of nitrogens with zero attached hydrogens (tertiary/aromatic N) is 2. The molecule has 1 aliphatic heterocycles. The summed E-state index contributed by atoms with van der Waals surface area (Å²) in [5, 5.41) is 6.91. The van der Waals surface area contributed by atoms with E-state index in [1.807, 2.05) is 6.20 Å². The fourth-order valence-electron chi connectivity index (χ4n) is 1.52. The molecule has 0 aliphatic carbocycles. The molecule has 2 rings (SSSR count). The summed E-state index contributed by atoms with van der Waals surface area (Å²) < 4.78 is 1.76. The van der Waals surface area contributed by atoms with Gasteiger partial charge in [-0.25, -0.2) is 0 Å². The molecule has 0 saturated carbocycles. The third kappa shape index (κ3) is 1.80. The Morgan fingerprint density at radius 1 is 1.77 bits per heavy atom. The largest absolute Gasteiger partial charge is 0.382 e. The number of carbonyl (C=O) groups is 1. The van der Waals surface area contributed by atoms with Crippen LogP contribution in [-0.4, -0.2) is 21.7 Å². The Balaban J connectivity index is 1.95. The van der Waals surface area contributed by atoms with Crippen LogP contribution < -0.4 is 11.1 Å². The van der Waals surface area contributed by atoms with Crippen LogP contribution in [0.1, 0.15) is 12.8 Å². The lowest BCUT2D eigenvalue weighted by molar-refractivity contribution is -0.119. The first-order chi connectivity index (χ1) is 6.24. The maximum absolute atomic E-state index is 10.9. The summed E-state index contributed by atoms with van der Waals surface area (Å²) >= 11 is 0. The van der Waals surface area contributed by atoms with Crippen LogP contribution in [-0.2, 0) is 11.3 Å². The number of anilines is 1. The van der Waals surface area contributed by atoms with E-state index in [2.05, 4.69) is 10.4 Å². The van der Waals surface area contributed by atoms with Gasteiger partial charge in [-0.05, 0) is 12.5 Å². The molecule has 0 aromatic carbocycles. The number of amides is 1. The second-order valence-corrected chi connectivity index (χ2v) is 3.27. The minimum atomic E-state index is 0.130. The quantitative estimate of drug-likeness (QED) is 0.658. The molecule has 1 aliphatic rings. The van der Waals surface area contributed by atoms with E-state index in [1.165, 1.54) is 0 Å². The average Bonchev–Trinajstić information content (AvgIpc) is 2.62. The number of hydrogen-bond donors (Lipinski definition) is 2. The summed E-state index contributed by atoms with van der Waals surface area (Å²) in [7, 11) is 0. The van der Waals surface area contributed by atoms with Gasteiger partial charge in [-0.15, -0.1) is 0 Å². The second kappa shape index (κ2) is 3.08. The summed E-state index contributed by atoms with van der Waals surface area (Å²) in [4.78, 5) is 10.9. The van der Waals surface area contributed by atoms with E-state index in [0.29, 0.717) is 18.8 Å². The van der Waals surface area contributed by atoms with Gasteiger partial charge < -0.3 is 11.1 Å². The first-order valence-electron chi connectivity index (χ1n) is 4.32. The highest BCUT2D eigenvalue weighted by Crippen LogP contribution is 2.08. The Morgan fingerprint density at radius 2 is 2.62 bits per heavy atom. The Labute approximate surface area is 75.9 Å². The van der Waals surface area contributed by atoms with Crippen molar-refractivity contribution in [2.75, 3.05) is 5.73 Å². The van der Waals surface area contributed by atoms with Crippen molar-refractivity contribution in [3.8, 4) is 0 Å². The van der Waals surface area contributed by atoms with Crippen molar-refractivity contribution in [2.45, 2.75) is 25.4 Å². The zero-order valence-corrected chi connectivity index (χ0v) is 7.23. The molecule has 5 nitrogen and oxygen atoms in total. The van der Waals surface area contributed by atoms with Gasteiger partial charge in [0, 0.05) is 18.7 Å². The molecule has 1 amide bonds. The molecule has 1 aromatic heterocycles. The molecule has 2 heterocycles. The van der Waals surface area contributed by atoms with Gasteiger partial charge in [-0.2, -0.15) is 5.10 Å². The predicted molar refractivity (Wildman–Crippen MR) is 47.8 cm³/mol. The van der Waals surface area contributed by atoms with E-state index in [9.17, 15) is 4.79 Å². The van der Waals surface area contributed by atoms with Gasteiger partial charge in [-0.3, -0.25) is 9.48 Å². The molecule has 0 bridgehead atoms. The van der Waals surface area contributed by atoms with Gasteiger partial charge in [0.25, 0.3) is 0 Å². The minimum absolute atomic E-state index is 0.130. The van der Waals surface area contributed by atoms with Crippen LogP contribution in [0.15, 0.2) is 12.3 Å². The maximum Gasteiger partial charge on any atom is 0.220 e. The van der Waals surface area contributed by atoms with Gasteiger partial charge in [0.05, 0.1) is 6.54 Å². The molecule has 1 unspecified atom stereocenters. The highest BCUT2D eigenvalue weighted by molar-refractivity contribution is 5.78. The zero-order valence-electron chi connectivity index (χ0n) is 7.23. The lowest BCUT2D eigenvalue weighted by Crippen LogP contribution is -2.29. The van der Waals surface area contributed by atoms with Crippen LogP contribution in [0, 0.1) is 0 Å². The Bertz CT molecular complexity index is 320. The third-order valence-electron chi connectivity index (χ3n) is 2.15. The zero-order chi connectivity index (χ0) is 9.26. The van der Waals surface area contributed by atoms with Crippen LogP contribution in [0.5, 0.6) is 0 Å². The highest BCUT2D eigenvalue weighted by atomic mass is 16.1. The van der Waals surface area contributed by atoms with Crippen molar-refractivity contribution < 1.29 is 4.79 Å². The second-order valence-electron chi connectivity index (χ2n) is 3.27. The summed E-state index contributed by atoms with van der Waals surface area (Å²) in [6.45, 7) is 0.711. The van der Waals surface area contributed by atoms with Crippen LogP contribution in [0.4, 0.5) is 5.82 Å². The van der Waals surface area contributed by atoms with Crippen molar-refractivity contribution in [1.82, 2.24) is 15.1 Å². The monoisotopic (exact) mass is 180 g/mol. The van der Waals surface area contributed by atoms with E-state index < -0.39 is 0 Å². The Kier molecular flexibility index (Phi) is 1.92. The lowest BCUT2D eigenvalue weighted by Gasteiger charge is -2.08. The Hall–Kier alpha value is -1.52. The molecule has 1 aromatic rings. The average molecular weight is 180 g/mol. The molecule has 70 valence electrons. The van der Waals surface area contributed by atoms with Crippen molar-refractivity contribution in [3.05, 3.63) is 12.3 Å². The topological polar surface area (TPSA) is 72.9 Å².